The third-order valence-corrected chi connectivity index (χ3v) is 6.36. The number of carbonyl (C=O) groups excluding carboxylic acids is 3. The Kier molecular flexibility index (Phi) is 4.57. The van der Waals surface area contributed by atoms with E-state index >= 15 is 0 Å². The molecule has 3 amide bonds. The number of aryl methyl sites for hydroxylation is 1. The van der Waals surface area contributed by atoms with Crippen LogP contribution in [0.4, 0.5) is 17.1 Å². The third-order valence-electron chi connectivity index (χ3n) is 6.36. The van der Waals surface area contributed by atoms with Crippen molar-refractivity contribution in [1.29, 1.82) is 0 Å². The van der Waals surface area contributed by atoms with Gasteiger partial charge in [0.1, 0.15) is 0 Å². The number of benzene rings is 2. The molecule has 0 unspecified atom stereocenters. The van der Waals surface area contributed by atoms with Gasteiger partial charge in [0.2, 0.25) is 17.7 Å². The number of fused-ring (bicyclic) bond motifs is 1. The molecule has 2 heterocycles. The Hall–Kier alpha value is -3.15. The maximum Gasteiger partial charge on any atom is 0.230 e. The standard InChI is InChI=1S/C24H25N3O3/c1-15-4-2-3-5-20(15)25-23(29)18-13-22(28)27(14-18)19-8-9-21-17(12-19)10-11-26(21)24(30)16-6-7-16/h2-5,8-9,12,16,18H,6-7,10-11,13-14H2,1H3,(H,25,29)/t18-/m0/s1. The molecular formula is C24H25N3O3. The molecule has 0 radical (unpaired) electrons. The van der Waals surface area contributed by atoms with Crippen molar-refractivity contribution in [3.05, 3.63) is 53.6 Å². The number of nitrogens with one attached hydrogen (secondary N) is 1. The lowest BCUT2D eigenvalue weighted by Gasteiger charge is -2.20. The molecular weight excluding hydrogens is 378 g/mol. The van der Waals surface area contributed by atoms with Crippen molar-refractivity contribution >= 4 is 34.8 Å². The molecule has 0 bridgehead atoms. The lowest BCUT2D eigenvalue weighted by atomic mass is 10.1. The van der Waals surface area contributed by atoms with Gasteiger partial charge in [-0.1, -0.05) is 18.2 Å². The minimum atomic E-state index is -0.377. The first-order chi connectivity index (χ1) is 14.5. The number of anilines is 3. The molecule has 1 aliphatic carbocycles. The van der Waals surface area contributed by atoms with Crippen LogP contribution in [0.3, 0.4) is 0 Å². The Morgan fingerprint density at radius 3 is 2.63 bits per heavy atom. The Bertz CT molecular complexity index is 1040. The summed E-state index contributed by atoms with van der Waals surface area (Å²) in [5.41, 5.74) is 4.66. The molecule has 3 aliphatic rings. The molecule has 2 aromatic rings. The topological polar surface area (TPSA) is 69.7 Å². The summed E-state index contributed by atoms with van der Waals surface area (Å²) >= 11 is 0. The number of hydrogen-bond donors (Lipinski definition) is 1. The molecule has 154 valence electrons. The van der Waals surface area contributed by atoms with Crippen LogP contribution in [0.1, 0.15) is 30.4 Å². The number of para-hydroxylation sites is 1. The summed E-state index contributed by atoms with van der Waals surface area (Å²) in [5.74, 6) is -0.111. The van der Waals surface area contributed by atoms with E-state index in [2.05, 4.69) is 5.32 Å². The first-order valence-corrected chi connectivity index (χ1v) is 10.6. The van der Waals surface area contributed by atoms with Crippen molar-refractivity contribution in [1.82, 2.24) is 0 Å². The van der Waals surface area contributed by atoms with Gasteiger partial charge in [0.25, 0.3) is 0 Å². The van der Waals surface area contributed by atoms with Crippen molar-refractivity contribution in [2.45, 2.75) is 32.6 Å². The van der Waals surface area contributed by atoms with Crippen LogP contribution in [0, 0.1) is 18.8 Å². The SMILES string of the molecule is Cc1ccccc1NC(=O)[C@H]1CC(=O)N(c2ccc3c(c2)CCN3C(=O)C2CC2)C1. The van der Waals surface area contributed by atoms with E-state index in [9.17, 15) is 14.4 Å². The van der Waals surface area contributed by atoms with Gasteiger partial charge >= 0.3 is 0 Å². The average molecular weight is 403 g/mol. The van der Waals surface area contributed by atoms with Crippen molar-refractivity contribution in [2.75, 3.05) is 28.2 Å². The normalized spacial score (nSPS) is 20.4. The fraction of sp³-hybridized carbons (Fsp3) is 0.375. The van der Waals surface area contributed by atoms with Crippen LogP contribution in [0.2, 0.25) is 0 Å². The fourth-order valence-electron chi connectivity index (χ4n) is 4.42. The minimum absolute atomic E-state index is 0.0382. The summed E-state index contributed by atoms with van der Waals surface area (Å²) in [6.45, 7) is 3.03. The minimum Gasteiger partial charge on any atom is -0.326 e. The largest absolute Gasteiger partial charge is 0.326 e. The second-order valence-corrected chi connectivity index (χ2v) is 8.54. The average Bonchev–Trinajstić information content (AvgIpc) is 3.39. The van der Waals surface area contributed by atoms with Crippen LogP contribution in [-0.2, 0) is 20.8 Å². The molecule has 1 atom stereocenters. The van der Waals surface area contributed by atoms with Gasteiger partial charge in [-0.25, -0.2) is 0 Å². The summed E-state index contributed by atoms with van der Waals surface area (Å²) in [5, 5.41) is 2.96. The quantitative estimate of drug-likeness (QED) is 0.852. The lowest BCUT2D eigenvalue weighted by molar-refractivity contribution is -0.122. The van der Waals surface area contributed by atoms with E-state index in [0.29, 0.717) is 13.1 Å². The molecule has 6 nitrogen and oxygen atoms in total. The van der Waals surface area contributed by atoms with E-state index in [0.717, 1.165) is 47.5 Å². The molecule has 2 aromatic carbocycles. The van der Waals surface area contributed by atoms with Crippen LogP contribution in [0.5, 0.6) is 0 Å². The second-order valence-electron chi connectivity index (χ2n) is 8.54. The van der Waals surface area contributed by atoms with Crippen molar-refractivity contribution < 1.29 is 14.4 Å². The first-order valence-electron chi connectivity index (χ1n) is 10.6. The van der Waals surface area contributed by atoms with Gasteiger partial charge in [-0.3, -0.25) is 14.4 Å². The molecule has 0 aromatic heterocycles. The number of carbonyl (C=O) groups is 3. The highest BCUT2D eigenvalue weighted by Gasteiger charge is 2.38. The van der Waals surface area contributed by atoms with Gasteiger partial charge in [0.05, 0.1) is 5.92 Å². The Labute approximate surface area is 175 Å². The highest BCUT2D eigenvalue weighted by molar-refractivity contribution is 6.04. The highest BCUT2D eigenvalue weighted by Crippen LogP contribution is 2.38. The van der Waals surface area contributed by atoms with E-state index in [1.807, 2.05) is 54.3 Å². The van der Waals surface area contributed by atoms with Crippen LogP contribution in [0.15, 0.2) is 42.5 Å². The predicted octanol–water partition coefficient (Wildman–Crippen LogP) is 3.29. The molecule has 1 saturated heterocycles. The van der Waals surface area contributed by atoms with Crippen molar-refractivity contribution in [3.63, 3.8) is 0 Å². The summed E-state index contributed by atoms with van der Waals surface area (Å²) in [7, 11) is 0. The predicted molar refractivity (Wildman–Crippen MR) is 115 cm³/mol. The van der Waals surface area contributed by atoms with E-state index in [1.54, 1.807) is 4.90 Å². The molecule has 0 spiro atoms. The first kappa shape index (κ1) is 18.9. The monoisotopic (exact) mass is 403 g/mol. The second kappa shape index (κ2) is 7.27. The van der Waals surface area contributed by atoms with Gasteiger partial charge in [0.15, 0.2) is 0 Å². The number of amides is 3. The number of rotatable bonds is 4. The molecule has 6 heteroatoms. The van der Waals surface area contributed by atoms with Crippen molar-refractivity contribution in [2.24, 2.45) is 11.8 Å². The molecule has 5 rings (SSSR count). The Morgan fingerprint density at radius 1 is 1.07 bits per heavy atom. The summed E-state index contributed by atoms with van der Waals surface area (Å²) in [4.78, 5) is 41.5. The van der Waals surface area contributed by atoms with Gasteiger partial charge in [-0.05, 0) is 61.6 Å². The highest BCUT2D eigenvalue weighted by atomic mass is 16.2. The zero-order valence-corrected chi connectivity index (χ0v) is 17.1. The zero-order valence-electron chi connectivity index (χ0n) is 17.1. The smallest absolute Gasteiger partial charge is 0.230 e. The van der Waals surface area contributed by atoms with Crippen molar-refractivity contribution in [3.8, 4) is 0 Å². The third kappa shape index (κ3) is 3.36. The Balaban J connectivity index is 1.30. The number of hydrogen-bond acceptors (Lipinski definition) is 3. The van der Waals surface area contributed by atoms with Crippen LogP contribution >= 0.6 is 0 Å². The zero-order chi connectivity index (χ0) is 20.8. The van der Waals surface area contributed by atoms with Gasteiger partial charge in [-0.2, -0.15) is 0 Å². The van der Waals surface area contributed by atoms with Crippen LogP contribution in [0.25, 0.3) is 0 Å². The Morgan fingerprint density at radius 2 is 1.87 bits per heavy atom. The summed E-state index contributed by atoms with van der Waals surface area (Å²) in [6.07, 6.45) is 3.01. The van der Waals surface area contributed by atoms with E-state index in [4.69, 9.17) is 0 Å². The molecule has 1 N–H and O–H groups in total. The van der Waals surface area contributed by atoms with Gasteiger partial charge in [0, 0.05) is 42.5 Å². The maximum absolute atomic E-state index is 12.7. The summed E-state index contributed by atoms with van der Waals surface area (Å²) < 4.78 is 0. The van der Waals surface area contributed by atoms with Gasteiger partial charge < -0.3 is 15.1 Å². The van der Waals surface area contributed by atoms with E-state index < -0.39 is 0 Å². The van der Waals surface area contributed by atoms with E-state index in [1.165, 1.54) is 0 Å². The van der Waals surface area contributed by atoms with Crippen LogP contribution in [-0.4, -0.2) is 30.8 Å². The molecule has 2 fully saturated rings. The van der Waals surface area contributed by atoms with E-state index in [-0.39, 0.29) is 36.0 Å². The fourth-order valence-corrected chi connectivity index (χ4v) is 4.42. The maximum atomic E-state index is 12.7. The van der Waals surface area contributed by atoms with Crippen LogP contribution < -0.4 is 15.1 Å². The number of nitrogens with zero attached hydrogens (tertiary/aromatic N) is 2. The lowest BCUT2D eigenvalue weighted by Crippen LogP contribution is -2.30. The molecule has 1 saturated carbocycles. The molecule has 2 aliphatic heterocycles. The summed E-state index contributed by atoms with van der Waals surface area (Å²) in [6, 6.07) is 13.5. The van der Waals surface area contributed by atoms with Gasteiger partial charge in [-0.15, -0.1) is 0 Å². The molecule has 30 heavy (non-hydrogen) atoms.